The average molecular weight is 332 g/mol. The van der Waals surface area contributed by atoms with Crippen LogP contribution in [0.25, 0.3) is 16.5 Å². The molecule has 1 aromatic heterocycles. The van der Waals surface area contributed by atoms with Gasteiger partial charge in [-0.3, -0.25) is 4.79 Å². The molecule has 0 spiro atoms. The van der Waals surface area contributed by atoms with E-state index in [-0.39, 0.29) is 0 Å². The highest BCUT2D eigenvalue weighted by Gasteiger charge is 2.20. The number of benzene rings is 1. The van der Waals surface area contributed by atoms with Gasteiger partial charge in [0.05, 0.1) is 0 Å². The van der Waals surface area contributed by atoms with Crippen molar-refractivity contribution in [3.8, 4) is 0 Å². The molecule has 0 radical (unpaired) electrons. The van der Waals surface area contributed by atoms with E-state index in [9.17, 15) is 4.79 Å². The lowest BCUT2D eigenvalue weighted by Gasteiger charge is -2.07. The van der Waals surface area contributed by atoms with Gasteiger partial charge in [0.15, 0.2) is 0 Å². The van der Waals surface area contributed by atoms with Crippen LogP contribution in [0.4, 0.5) is 0 Å². The second kappa shape index (κ2) is 8.69. The van der Waals surface area contributed by atoms with Gasteiger partial charge in [0.25, 0.3) is 5.91 Å². The average Bonchev–Trinajstić information content (AvgIpc) is 2.90. The number of amides is 1. The summed E-state index contributed by atoms with van der Waals surface area (Å²) in [5, 5.41) is 1.02. The Morgan fingerprint density at radius 1 is 1.16 bits per heavy atom. The number of primary amides is 1. The predicted octanol–water partition coefficient (Wildman–Crippen LogP) is 4.93. The number of aromatic nitrogens is 1. The second-order valence-corrected chi connectivity index (χ2v) is 5.69. The van der Waals surface area contributed by atoms with Crippen LogP contribution in [-0.4, -0.2) is 10.5 Å². The lowest BCUT2D eigenvalue weighted by Crippen LogP contribution is -2.17. The number of para-hydroxylation sites is 1. The highest BCUT2D eigenvalue weighted by molar-refractivity contribution is 6.07. The molecule has 0 atom stereocenters. The number of nitrogens with zero attached hydrogens (tertiary/aromatic N) is 1. The fraction of sp³-hybridized carbons (Fsp3) is 0.136. The molecule has 2 rings (SSSR count). The predicted molar refractivity (Wildman–Crippen MR) is 107 cm³/mol. The number of nitrogens with two attached hydrogens (primary N) is 1. The Bertz CT molecular complexity index is 879. The molecule has 2 aromatic rings. The van der Waals surface area contributed by atoms with Gasteiger partial charge in [-0.15, -0.1) is 13.2 Å². The molecule has 3 heteroatoms. The van der Waals surface area contributed by atoms with Gasteiger partial charge < -0.3 is 10.3 Å². The van der Waals surface area contributed by atoms with Crippen LogP contribution in [0.3, 0.4) is 0 Å². The van der Waals surface area contributed by atoms with E-state index in [2.05, 4.69) is 13.2 Å². The third-order valence-corrected chi connectivity index (χ3v) is 3.98. The standard InChI is InChI=1S/C22H24N2O/c1-4-6-7-8-9-10-14-17(13-5-2)20-18-15-11-12-16-19(18)24(3)21(20)22(23)25/h4-5,7-12,14-16H,1-2,6,13H2,3H3,(H2,23,25). The van der Waals surface area contributed by atoms with Crippen LogP contribution in [-0.2, 0) is 7.05 Å². The molecule has 3 nitrogen and oxygen atoms in total. The molecule has 1 amide bonds. The van der Waals surface area contributed by atoms with Crippen molar-refractivity contribution in [2.75, 3.05) is 0 Å². The largest absolute Gasteiger partial charge is 0.364 e. The fourth-order valence-corrected chi connectivity index (χ4v) is 2.90. The Hall–Kier alpha value is -3.07. The summed E-state index contributed by atoms with van der Waals surface area (Å²) in [6.45, 7) is 7.53. The minimum absolute atomic E-state index is 0.432. The number of fused-ring (bicyclic) bond motifs is 1. The monoisotopic (exact) mass is 332 g/mol. The van der Waals surface area contributed by atoms with Crippen LogP contribution in [0.1, 0.15) is 28.9 Å². The first-order valence-electron chi connectivity index (χ1n) is 8.23. The number of hydrogen-bond donors (Lipinski definition) is 1. The van der Waals surface area contributed by atoms with E-state index in [1.165, 1.54) is 0 Å². The van der Waals surface area contributed by atoms with E-state index in [4.69, 9.17) is 5.73 Å². The SMILES string of the molecule is C=CCC=CC=CC=C(CC=C)c1c(C(N)=O)n(C)c2ccccc12. The van der Waals surface area contributed by atoms with Crippen molar-refractivity contribution in [2.24, 2.45) is 12.8 Å². The Balaban J connectivity index is 2.58. The minimum atomic E-state index is -0.432. The van der Waals surface area contributed by atoms with Gasteiger partial charge >= 0.3 is 0 Å². The van der Waals surface area contributed by atoms with Crippen molar-refractivity contribution in [1.29, 1.82) is 0 Å². The Morgan fingerprint density at radius 3 is 2.60 bits per heavy atom. The first-order valence-corrected chi connectivity index (χ1v) is 8.23. The Labute approximate surface area is 149 Å². The number of allylic oxidation sites excluding steroid dienone is 8. The maximum Gasteiger partial charge on any atom is 0.265 e. The molecule has 0 saturated carbocycles. The van der Waals surface area contributed by atoms with Crippen LogP contribution in [0, 0.1) is 0 Å². The van der Waals surface area contributed by atoms with Crippen molar-refractivity contribution in [3.63, 3.8) is 0 Å². The maximum atomic E-state index is 12.1. The fourth-order valence-electron chi connectivity index (χ4n) is 2.90. The van der Waals surface area contributed by atoms with Gasteiger partial charge in [-0.2, -0.15) is 0 Å². The zero-order chi connectivity index (χ0) is 18.2. The number of carbonyl (C=O) groups excluding carboxylic acids is 1. The molecular weight excluding hydrogens is 308 g/mol. The summed E-state index contributed by atoms with van der Waals surface area (Å²) < 4.78 is 1.86. The molecule has 0 aliphatic rings. The summed E-state index contributed by atoms with van der Waals surface area (Å²) in [6, 6.07) is 7.93. The molecule has 1 heterocycles. The van der Waals surface area contributed by atoms with Gasteiger partial charge in [0, 0.05) is 23.5 Å². The van der Waals surface area contributed by atoms with Crippen LogP contribution in [0.5, 0.6) is 0 Å². The van der Waals surface area contributed by atoms with Crippen LogP contribution in [0.2, 0.25) is 0 Å². The third kappa shape index (κ3) is 4.07. The first kappa shape index (κ1) is 18.3. The van der Waals surface area contributed by atoms with E-state index in [0.29, 0.717) is 12.1 Å². The van der Waals surface area contributed by atoms with Crippen molar-refractivity contribution < 1.29 is 4.79 Å². The van der Waals surface area contributed by atoms with Crippen molar-refractivity contribution in [2.45, 2.75) is 12.8 Å². The number of carbonyl (C=O) groups is 1. The zero-order valence-electron chi connectivity index (χ0n) is 14.6. The lowest BCUT2D eigenvalue weighted by atomic mass is 9.98. The van der Waals surface area contributed by atoms with Gasteiger partial charge in [0.2, 0.25) is 0 Å². The molecule has 128 valence electrons. The number of hydrogen-bond acceptors (Lipinski definition) is 1. The first-order chi connectivity index (χ1) is 12.1. The molecule has 25 heavy (non-hydrogen) atoms. The molecule has 0 unspecified atom stereocenters. The van der Waals surface area contributed by atoms with E-state index >= 15 is 0 Å². The van der Waals surface area contributed by atoms with E-state index in [0.717, 1.165) is 28.5 Å². The smallest absolute Gasteiger partial charge is 0.265 e. The number of rotatable bonds is 8. The normalized spacial score (nSPS) is 12.3. The zero-order valence-corrected chi connectivity index (χ0v) is 14.6. The van der Waals surface area contributed by atoms with E-state index in [1.807, 2.05) is 78.4 Å². The topological polar surface area (TPSA) is 48.0 Å². The summed E-state index contributed by atoms with van der Waals surface area (Å²) >= 11 is 0. The molecular formula is C22H24N2O. The van der Waals surface area contributed by atoms with Crippen molar-refractivity contribution in [3.05, 3.63) is 91.2 Å². The molecule has 1 aromatic carbocycles. The minimum Gasteiger partial charge on any atom is -0.364 e. The summed E-state index contributed by atoms with van der Waals surface area (Å²) in [4.78, 5) is 12.1. The maximum absolute atomic E-state index is 12.1. The van der Waals surface area contributed by atoms with Crippen LogP contribution >= 0.6 is 0 Å². The summed E-state index contributed by atoms with van der Waals surface area (Å²) in [6.07, 6.45) is 15.1. The molecule has 2 N–H and O–H groups in total. The summed E-state index contributed by atoms with van der Waals surface area (Å²) in [5.41, 5.74) is 9.06. The van der Waals surface area contributed by atoms with Crippen LogP contribution < -0.4 is 5.73 Å². The lowest BCUT2D eigenvalue weighted by molar-refractivity contribution is 0.0992. The van der Waals surface area contributed by atoms with Crippen molar-refractivity contribution in [1.82, 2.24) is 4.57 Å². The summed E-state index contributed by atoms with van der Waals surface area (Å²) in [5.74, 6) is -0.432. The highest BCUT2D eigenvalue weighted by Crippen LogP contribution is 2.33. The highest BCUT2D eigenvalue weighted by atomic mass is 16.1. The molecule has 0 saturated heterocycles. The van der Waals surface area contributed by atoms with Gasteiger partial charge in [0.1, 0.15) is 5.69 Å². The third-order valence-electron chi connectivity index (χ3n) is 3.98. The Morgan fingerprint density at radius 2 is 1.92 bits per heavy atom. The Kier molecular flexibility index (Phi) is 6.35. The molecule has 0 bridgehead atoms. The van der Waals surface area contributed by atoms with Crippen LogP contribution in [0.15, 0.2) is 80.0 Å². The molecule has 0 fully saturated rings. The molecule has 0 aliphatic carbocycles. The van der Waals surface area contributed by atoms with Gasteiger partial charge in [-0.25, -0.2) is 0 Å². The van der Waals surface area contributed by atoms with Gasteiger partial charge in [-0.05, 0) is 24.5 Å². The summed E-state index contributed by atoms with van der Waals surface area (Å²) in [7, 11) is 1.87. The van der Waals surface area contributed by atoms with Gasteiger partial charge in [-0.1, -0.05) is 60.7 Å². The second-order valence-electron chi connectivity index (χ2n) is 5.69. The van der Waals surface area contributed by atoms with E-state index in [1.54, 1.807) is 0 Å². The number of aryl methyl sites for hydroxylation is 1. The van der Waals surface area contributed by atoms with E-state index < -0.39 is 5.91 Å². The van der Waals surface area contributed by atoms with Crippen molar-refractivity contribution >= 4 is 22.4 Å². The quantitative estimate of drug-likeness (QED) is 0.541. The molecule has 0 aliphatic heterocycles.